The Labute approximate surface area is 202 Å². The quantitative estimate of drug-likeness (QED) is 0.429. The molecule has 1 aliphatic carbocycles. The highest BCUT2D eigenvalue weighted by molar-refractivity contribution is 6.30. The Balaban J connectivity index is 1.33. The predicted molar refractivity (Wildman–Crippen MR) is 133 cm³/mol. The van der Waals surface area contributed by atoms with Crippen LogP contribution in [0.1, 0.15) is 24.1 Å². The predicted octanol–water partition coefficient (Wildman–Crippen LogP) is 4.51. The third-order valence-corrected chi connectivity index (χ3v) is 7.16. The van der Waals surface area contributed by atoms with Crippen LogP contribution >= 0.6 is 11.6 Å². The Kier molecular flexibility index (Phi) is 5.26. The highest BCUT2D eigenvalue weighted by atomic mass is 35.5. The number of halogens is 1. The number of hydrogen-bond donors (Lipinski definition) is 0. The number of para-hydroxylation sites is 2. The monoisotopic (exact) mass is 472 g/mol. The van der Waals surface area contributed by atoms with Crippen LogP contribution in [0.25, 0.3) is 22.2 Å². The van der Waals surface area contributed by atoms with Gasteiger partial charge < -0.3 is 14.0 Å². The van der Waals surface area contributed by atoms with Gasteiger partial charge in [0.15, 0.2) is 0 Å². The lowest BCUT2D eigenvalue weighted by atomic mass is 9.98. The Hall–Kier alpha value is -3.38. The van der Waals surface area contributed by atoms with Gasteiger partial charge in [-0.15, -0.1) is 0 Å². The molecule has 2 aromatic heterocycles. The highest BCUT2D eigenvalue weighted by Crippen LogP contribution is 2.32. The molecule has 0 bridgehead atoms. The molecule has 6 rings (SSSR count). The van der Waals surface area contributed by atoms with E-state index in [9.17, 15) is 9.59 Å². The number of fused-ring (bicyclic) bond motifs is 2. The normalized spacial score (nSPS) is 15.5. The molecular formula is C27H25ClN4O2. The zero-order valence-electron chi connectivity index (χ0n) is 18.8. The molecule has 7 heteroatoms. The van der Waals surface area contributed by atoms with E-state index in [0.29, 0.717) is 36.0 Å². The molecule has 4 aromatic rings. The van der Waals surface area contributed by atoms with E-state index >= 15 is 0 Å². The molecule has 1 fully saturated rings. The molecule has 1 saturated carbocycles. The van der Waals surface area contributed by atoms with Crippen molar-refractivity contribution in [3.05, 3.63) is 87.6 Å². The van der Waals surface area contributed by atoms with Crippen molar-refractivity contribution in [1.29, 1.82) is 0 Å². The van der Waals surface area contributed by atoms with Crippen LogP contribution in [0.4, 0.5) is 0 Å². The molecular weight excluding hydrogens is 448 g/mol. The van der Waals surface area contributed by atoms with Crippen molar-refractivity contribution in [3.63, 3.8) is 0 Å². The summed E-state index contributed by atoms with van der Waals surface area (Å²) in [6.45, 7) is 2.11. The first kappa shape index (κ1) is 21.2. The van der Waals surface area contributed by atoms with Gasteiger partial charge in [-0.05, 0) is 60.2 Å². The maximum atomic E-state index is 13.5. The van der Waals surface area contributed by atoms with Gasteiger partial charge in [-0.25, -0.2) is 4.98 Å². The van der Waals surface area contributed by atoms with Crippen LogP contribution < -0.4 is 5.56 Å². The van der Waals surface area contributed by atoms with E-state index in [0.717, 1.165) is 34.4 Å². The molecule has 0 N–H and O–H groups in total. The van der Waals surface area contributed by atoms with Gasteiger partial charge in [0.05, 0.1) is 17.4 Å². The van der Waals surface area contributed by atoms with Crippen LogP contribution in [0.3, 0.4) is 0 Å². The largest absolute Gasteiger partial charge is 0.336 e. The molecule has 6 nitrogen and oxygen atoms in total. The van der Waals surface area contributed by atoms with E-state index in [1.165, 1.54) is 12.8 Å². The average Bonchev–Trinajstić information content (AvgIpc) is 3.59. The van der Waals surface area contributed by atoms with Gasteiger partial charge >= 0.3 is 0 Å². The number of nitrogens with zero attached hydrogens (tertiary/aromatic N) is 4. The Bertz CT molecular complexity index is 1470. The lowest BCUT2D eigenvalue weighted by Gasteiger charge is -2.31. The minimum absolute atomic E-state index is 0.0394. The lowest BCUT2D eigenvalue weighted by Crippen LogP contribution is -2.41. The van der Waals surface area contributed by atoms with Gasteiger partial charge in [0.1, 0.15) is 6.54 Å². The van der Waals surface area contributed by atoms with Crippen molar-refractivity contribution in [2.45, 2.75) is 38.9 Å². The topological polar surface area (TPSA) is 60.1 Å². The molecule has 0 spiro atoms. The van der Waals surface area contributed by atoms with Crippen molar-refractivity contribution in [3.8, 4) is 11.1 Å². The molecule has 1 amide bonds. The number of amides is 1. The molecule has 0 radical (unpaired) electrons. The Morgan fingerprint density at radius 3 is 2.76 bits per heavy atom. The fourth-order valence-corrected chi connectivity index (χ4v) is 5.12. The minimum atomic E-state index is 0.0394. The van der Waals surface area contributed by atoms with E-state index in [1.54, 1.807) is 6.33 Å². The number of aromatic nitrogens is 3. The molecule has 1 aliphatic heterocycles. The first-order valence-corrected chi connectivity index (χ1v) is 12.1. The second-order valence-electron chi connectivity index (χ2n) is 9.33. The maximum Gasteiger partial charge on any atom is 0.258 e. The molecule has 0 unspecified atom stereocenters. The van der Waals surface area contributed by atoms with Gasteiger partial charge in [0.2, 0.25) is 5.91 Å². The zero-order valence-corrected chi connectivity index (χ0v) is 19.5. The summed E-state index contributed by atoms with van der Waals surface area (Å²) in [6, 6.07) is 17.2. The summed E-state index contributed by atoms with van der Waals surface area (Å²) < 4.78 is 3.87. The third kappa shape index (κ3) is 3.92. The van der Waals surface area contributed by atoms with Crippen molar-refractivity contribution in [2.24, 2.45) is 5.92 Å². The molecule has 3 heterocycles. The van der Waals surface area contributed by atoms with Gasteiger partial charge in [0, 0.05) is 42.3 Å². The van der Waals surface area contributed by atoms with E-state index in [1.807, 2.05) is 68.6 Å². The highest BCUT2D eigenvalue weighted by Gasteiger charge is 2.29. The summed E-state index contributed by atoms with van der Waals surface area (Å²) >= 11 is 6.23. The number of benzene rings is 2. The molecule has 2 aliphatic rings. The van der Waals surface area contributed by atoms with Crippen LogP contribution in [-0.4, -0.2) is 31.5 Å². The fraction of sp³-hybridized carbons (Fsp3) is 0.296. The summed E-state index contributed by atoms with van der Waals surface area (Å²) in [5, 5.41) is 0.604. The first-order chi connectivity index (χ1) is 16.6. The number of carbonyl (C=O) groups excluding carboxylic acids is 1. The number of pyridine rings is 1. The Morgan fingerprint density at radius 1 is 1.09 bits per heavy atom. The fourth-order valence-electron chi connectivity index (χ4n) is 4.93. The van der Waals surface area contributed by atoms with Gasteiger partial charge in [-0.2, -0.15) is 0 Å². The summed E-state index contributed by atoms with van der Waals surface area (Å²) in [5.41, 5.74) is 5.46. The van der Waals surface area contributed by atoms with Crippen molar-refractivity contribution >= 4 is 28.5 Å². The summed E-state index contributed by atoms with van der Waals surface area (Å²) in [5.74, 6) is 0.628. The number of imidazole rings is 1. The maximum absolute atomic E-state index is 13.5. The SMILES string of the molecule is O=C(Cn1cnc2ccccc21)N1CCc2c(cc(-c3cccc(Cl)c3)c(=O)n2CC2CC2)C1. The van der Waals surface area contributed by atoms with Crippen molar-refractivity contribution in [1.82, 2.24) is 19.0 Å². The van der Waals surface area contributed by atoms with Gasteiger partial charge in [-0.1, -0.05) is 35.9 Å². The summed E-state index contributed by atoms with van der Waals surface area (Å²) in [7, 11) is 0. The summed E-state index contributed by atoms with van der Waals surface area (Å²) in [4.78, 5) is 33.0. The van der Waals surface area contributed by atoms with Crippen LogP contribution in [0.2, 0.25) is 5.02 Å². The number of hydrogen-bond acceptors (Lipinski definition) is 3. The molecule has 34 heavy (non-hydrogen) atoms. The van der Waals surface area contributed by atoms with Gasteiger partial charge in [-0.3, -0.25) is 9.59 Å². The van der Waals surface area contributed by atoms with Gasteiger partial charge in [0.25, 0.3) is 5.56 Å². The van der Waals surface area contributed by atoms with Crippen LogP contribution in [0.5, 0.6) is 0 Å². The Morgan fingerprint density at radius 2 is 1.94 bits per heavy atom. The summed E-state index contributed by atoms with van der Waals surface area (Å²) in [6.07, 6.45) is 4.76. The van der Waals surface area contributed by atoms with Crippen molar-refractivity contribution in [2.75, 3.05) is 6.54 Å². The molecule has 0 atom stereocenters. The molecule has 172 valence electrons. The standard InChI is InChI=1S/C27H25ClN4O2/c28-21-5-3-4-19(12-21)22-13-20-15-30(11-10-24(20)32(27(22)34)14-18-8-9-18)26(33)16-31-17-29-23-6-1-2-7-25(23)31/h1-7,12-13,17-18H,8-11,14-16H2. The second kappa shape index (κ2) is 8.44. The number of carbonyl (C=O) groups is 1. The molecule has 0 saturated heterocycles. The minimum Gasteiger partial charge on any atom is -0.336 e. The van der Waals surface area contributed by atoms with E-state index in [4.69, 9.17) is 11.6 Å². The van der Waals surface area contributed by atoms with E-state index < -0.39 is 0 Å². The molecule has 2 aromatic carbocycles. The van der Waals surface area contributed by atoms with Crippen LogP contribution in [0, 0.1) is 5.92 Å². The second-order valence-corrected chi connectivity index (χ2v) is 9.76. The lowest BCUT2D eigenvalue weighted by molar-refractivity contribution is -0.132. The smallest absolute Gasteiger partial charge is 0.258 e. The van der Waals surface area contributed by atoms with Crippen molar-refractivity contribution < 1.29 is 4.79 Å². The van der Waals surface area contributed by atoms with Crippen LogP contribution in [0.15, 0.2) is 65.7 Å². The first-order valence-electron chi connectivity index (χ1n) is 11.8. The number of rotatable bonds is 5. The average molecular weight is 473 g/mol. The van der Waals surface area contributed by atoms with Crippen LogP contribution in [-0.2, 0) is 30.8 Å². The zero-order chi connectivity index (χ0) is 23.2. The third-order valence-electron chi connectivity index (χ3n) is 6.93. The van der Waals surface area contributed by atoms with E-state index in [2.05, 4.69) is 4.98 Å². The van der Waals surface area contributed by atoms with E-state index in [-0.39, 0.29) is 18.0 Å².